The van der Waals surface area contributed by atoms with Crippen molar-refractivity contribution in [3.63, 3.8) is 0 Å². The molecule has 0 aliphatic carbocycles. The van der Waals surface area contributed by atoms with E-state index >= 15 is 0 Å². The number of carbonyl (C=O) groups excluding carboxylic acids is 1. The minimum atomic E-state index is -4.46. The van der Waals surface area contributed by atoms with Crippen LogP contribution in [-0.2, 0) is 16.4 Å². The predicted octanol–water partition coefficient (Wildman–Crippen LogP) is 3.80. The van der Waals surface area contributed by atoms with Crippen molar-refractivity contribution in [1.82, 2.24) is 10.6 Å². The van der Waals surface area contributed by atoms with Crippen LogP contribution in [0, 0.1) is 0 Å². The minimum Gasteiger partial charge on any atom is -0.342 e. The Balaban J connectivity index is 2.01. The van der Waals surface area contributed by atoms with Gasteiger partial charge in [0.2, 0.25) is 0 Å². The summed E-state index contributed by atoms with van der Waals surface area (Å²) in [6.07, 6.45) is -4.05. The molecule has 0 saturated heterocycles. The lowest BCUT2D eigenvalue weighted by atomic mass is 9.64. The Morgan fingerprint density at radius 3 is 2.67 bits per heavy atom. The van der Waals surface area contributed by atoms with Crippen molar-refractivity contribution in [3.05, 3.63) is 58.1 Å². The van der Waals surface area contributed by atoms with E-state index in [0.29, 0.717) is 29.1 Å². The number of hydrogen-bond donors (Lipinski definition) is 2. The summed E-state index contributed by atoms with van der Waals surface area (Å²) in [5.41, 5.74) is -0.145. The van der Waals surface area contributed by atoms with Crippen LogP contribution in [0.4, 0.5) is 13.2 Å². The van der Waals surface area contributed by atoms with Crippen LogP contribution in [0.1, 0.15) is 38.3 Å². The highest BCUT2D eigenvalue weighted by Crippen LogP contribution is 2.52. The summed E-state index contributed by atoms with van der Waals surface area (Å²) in [6, 6.07) is 5.22. The number of nitrogens with zero attached hydrogens (tertiary/aromatic N) is 2. The number of nitrogens with one attached hydrogen (secondary N) is 2. The molecule has 4 rings (SSSR count). The number of carbonyl (C=O) groups is 1. The quantitative estimate of drug-likeness (QED) is 0.825. The standard InChI is InChI=1S/C19H19F3N4O/c1-4-18(10-6-5-7-11(8-10)19(20,21)22)12-9-23-26-15(12)24-14-13(18)16(27)25-17(14,2)3/h5-8,24H,4,9H2,1-3H3,(H,25,27)/t18-/m1/s1. The fraction of sp³-hybridized carbons (Fsp3) is 0.421. The van der Waals surface area contributed by atoms with Gasteiger partial charge in [-0.1, -0.05) is 25.1 Å². The predicted molar refractivity (Wildman–Crippen MR) is 92.5 cm³/mol. The molecule has 1 atom stereocenters. The van der Waals surface area contributed by atoms with E-state index in [1.54, 1.807) is 6.07 Å². The van der Waals surface area contributed by atoms with Crippen LogP contribution in [0.3, 0.4) is 0 Å². The molecule has 3 aliphatic heterocycles. The number of hydrogen-bond acceptors (Lipinski definition) is 4. The Labute approximate surface area is 154 Å². The van der Waals surface area contributed by atoms with Crippen molar-refractivity contribution in [2.75, 3.05) is 6.54 Å². The first-order valence-electron chi connectivity index (χ1n) is 8.75. The maximum Gasteiger partial charge on any atom is 0.416 e. The molecule has 27 heavy (non-hydrogen) atoms. The molecule has 0 saturated carbocycles. The Bertz CT molecular complexity index is 943. The van der Waals surface area contributed by atoms with Crippen LogP contribution >= 0.6 is 0 Å². The molecule has 1 aromatic carbocycles. The topological polar surface area (TPSA) is 65.8 Å². The van der Waals surface area contributed by atoms with E-state index in [-0.39, 0.29) is 12.5 Å². The van der Waals surface area contributed by atoms with Gasteiger partial charge in [0.1, 0.15) is 0 Å². The zero-order valence-electron chi connectivity index (χ0n) is 15.2. The van der Waals surface area contributed by atoms with Crippen molar-refractivity contribution < 1.29 is 18.0 Å². The van der Waals surface area contributed by atoms with Crippen LogP contribution in [-0.4, -0.2) is 18.0 Å². The van der Waals surface area contributed by atoms with Gasteiger partial charge in [0.15, 0.2) is 5.82 Å². The Hall–Kier alpha value is -2.64. The lowest BCUT2D eigenvalue weighted by Crippen LogP contribution is -2.43. The number of dihydropyridines is 1. The molecule has 0 radical (unpaired) electrons. The van der Waals surface area contributed by atoms with Gasteiger partial charge in [0.25, 0.3) is 5.91 Å². The van der Waals surface area contributed by atoms with Crippen molar-refractivity contribution in [1.29, 1.82) is 0 Å². The molecular formula is C19H19F3N4O. The van der Waals surface area contributed by atoms with Crippen molar-refractivity contribution in [2.24, 2.45) is 10.2 Å². The summed E-state index contributed by atoms with van der Waals surface area (Å²) in [4.78, 5) is 12.9. The molecule has 0 bridgehead atoms. The van der Waals surface area contributed by atoms with Gasteiger partial charge in [-0.25, -0.2) is 0 Å². The van der Waals surface area contributed by atoms with Crippen molar-refractivity contribution in [2.45, 2.75) is 44.3 Å². The molecule has 142 valence electrons. The maximum atomic E-state index is 13.3. The lowest BCUT2D eigenvalue weighted by Gasteiger charge is -2.40. The van der Waals surface area contributed by atoms with Crippen LogP contribution in [0.15, 0.2) is 57.2 Å². The van der Waals surface area contributed by atoms with Gasteiger partial charge in [-0.15, -0.1) is 5.11 Å². The molecule has 2 N–H and O–H groups in total. The number of benzene rings is 1. The van der Waals surface area contributed by atoms with Crippen LogP contribution in [0.2, 0.25) is 0 Å². The number of azo groups is 1. The summed E-state index contributed by atoms with van der Waals surface area (Å²) in [5, 5.41) is 14.3. The second-order valence-corrected chi connectivity index (χ2v) is 7.52. The molecule has 3 heterocycles. The molecule has 3 aliphatic rings. The maximum absolute atomic E-state index is 13.3. The van der Waals surface area contributed by atoms with Gasteiger partial charge >= 0.3 is 6.18 Å². The van der Waals surface area contributed by atoms with E-state index in [9.17, 15) is 18.0 Å². The third-order valence-corrected chi connectivity index (χ3v) is 5.61. The van der Waals surface area contributed by atoms with E-state index in [1.165, 1.54) is 6.07 Å². The van der Waals surface area contributed by atoms with Crippen LogP contribution < -0.4 is 10.6 Å². The third-order valence-electron chi connectivity index (χ3n) is 5.61. The van der Waals surface area contributed by atoms with Gasteiger partial charge in [-0.05, 0) is 31.9 Å². The zero-order chi connectivity index (χ0) is 19.6. The minimum absolute atomic E-state index is 0.247. The molecule has 8 heteroatoms. The fourth-order valence-corrected chi connectivity index (χ4v) is 4.35. The summed E-state index contributed by atoms with van der Waals surface area (Å²) >= 11 is 0. The molecule has 1 aromatic rings. The number of halogens is 3. The van der Waals surface area contributed by atoms with Crippen LogP contribution in [0.25, 0.3) is 0 Å². The van der Waals surface area contributed by atoms with Gasteiger partial charge in [0, 0.05) is 5.57 Å². The number of amides is 1. The first-order valence-corrected chi connectivity index (χ1v) is 8.75. The van der Waals surface area contributed by atoms with Crippen LogP contribution in [0.5, 0.6) is 0 Å². The van der Waals surface area contributed by atoms with E-state index in [4.69, 9.17) is 0 Å². The Kier molecular flexibility index (Phi) is 3.57. The second-order valence-electron chi connectivity index (χ2n) is 7.52. The first-order chi connectivity index (χ1) is 12.6. The number of alkyl halides is 3. The van der Waals surface area contributed by atoms with E-state index in [2.05, 4.69) is 20.9 Å². The summed E-state index contributed by atoms with van der Waals surface area (Å²) in [6.45, 7) is 5.82. The van der Waals surface area contributed by atoms with Gasteiger partial charge < -0.3 is 10.6 Å². The summed E-state index contributed by atoms with van der Waals surface area (Å²) in [5.74, 6) is 0.248. The largest absolute Gasteiger partial charge is 0.416 e. The Morgan fingerprint density at radius 2 is 2.00 bits per heavy atom. The lowest BCUT2D eigenvalue weighted by molar-refractivity contribution is -0.137. The van der Waals surface area contributed by atoms with E-state index < -0.39 is 22.7 Å². The first kappa shape index (κ1) is 17.8. The highest BCUT2D eigenvalue weighted by atomic mass is 19.4. The SMILES string of the molecule is CC[C@@]1(c2cccc(C(F)(F)F)c2)C2=C(N=NC2)NC2=C1C(=O)NC2(C)C. The van der Waals surface area contributed by atoms with Crippen molar-refractivity contribution >= 4 is 5.91 Å². The normalized spacial score (nSPS) is 26.1. The Morgan fingerprint density at radius 1 is 1.26 bits per heavy atom. The highest BCUT2D eigenvalue weighted by Gasteiger charge is 2.54. The average molecular weight is 376 g/mol. The second kappa shape index (κ2) is 5.43. The monoisotopic (exact) mass is 376 g/mol. The smallest absolute Gasteiger partial charge is 0.342 e. The molecule has 5 nitrogen and oxygen atoms in total. The molecule has 0 spiro atoms. The average Bonchev–Trinajstić information content (AvgIpc) is 3.15. The molecule has 1 amide bonds. The molecule has 0 aromatic heterocycles. The summed E-state index contributed by atoms with van der Waals surface area (Å²) < 4.78 is 40.0. The van der Waals surface area contributed by atoms with E-state index in [0.717, 1.165) is 17.7 Å². The fourth-order valence-electron chi connectivity index (χ4n) is 4.35. The molecule has 0 fully saturated rings. The summed E-state index contributed by atoms with van der Waals surface area (Å²) in [7, 11) is 0. The third kappa shape index (κ3) is 2.35. The molecule has 0 unspecified atom stereocenters. The van der Waals surface area contributed by atoms with Gasteiger partial charge in [-0.3, -0.25) is 4.79 Å². The highest BCUT2D eigenvalue weighted by molar-refractivity contribution is 6.02. The zero-order valence-corrected chi connectivity index (χ0v) is 15.2. The molecular weight excluding hydrogens is 357 g/mol. The van der Waals surface area contributed by atoms with Crippen molar-refractivity contribution in [3.8, 4) is 0 Å². The number of rotatable bonds is 2. The van der Waals surface area contributed by atoms with Gasteiger partial charge in [0.05, 0.1) is 34.3 Å². The van der Waals surface area contributed by atoms with E-state index in [1.807, 2.05) is 20.8 Å². The van der Waals surface area contributed by atoms with Gasteiger partial charge in [-0.2, -0.15) is 18.3 Å².